The Kier molecular flexibility index (Phi) is 7.18. The number of aromatic amines is 1. The van der Waals surface area contributed by atoms with Crippen molar-refractivity contribution in [3.05, 3.63) is 11.8 Å². The van der Waals surface area contributed by atoms with Crippen molar-refractivity contribution in [2.24, 2.45) is 0 Å². The lowest BCUT2D eigenvalue weighted by Crippen LogP contribution is -2.33. The Morgan fingerprint density at radius 3 is 2.75 bits per heavy atom. The Labute approximate surface area is 121 Å². The van der Waals surface area contributed by atoms with Gasteiger partial charge in [-0.25, -0.2) is 13.1 Å². The smallest absolute Gasteiger partial charge is 0.258 e. The predicted molar refractivity (Wildman–Crippen MR) is 79.9 cm³/mol. The Morgan fingerprint density at radius 2 is 2.10 bits per heavy atom. The molecule has 1 unspecified atom stereocenters. The van der Waals surface area contributed by atoms with Crippen LogP contribution in [0.4, 0.5) is 0 Å². The summed E-state index contributed by atoms with van der Waals surface area (Å²) in [5, 5.41) is 9.48. The molecule has 0 aromatic carbocycles. The number of sulfonamides is 1. The van der Waals surface area contributed by atoms with Gasteiger partial charge in [0, 0.05) is 18.2 Å². The fourth-order valence-corrected chi connectivity index (χ4v) is 3.52. The van der Waals surface area contributed by atoms with E-state index in [1.54, 1.807) is 7.05 Å². The number of nitrogens with one attached hydrogen (secondary N) is 3. The number of nitrogens with zero attached hydrogens (tertiary/aromatic N) is 1. The molecule has 0 amide bonds. The summed E-state index contributed by atoms with van der Waals surface area (Å²) in [5.74, 6) is 0. The maximum atomic E-state index is 12.3. The van der Waals surface area contributed by atoms with E-state index < -0.39 is 10.0 Å². The van der Waals surface area contributed by atoms with Crippen LogP contribution in [-0.4, -0.2) is 31.7 Å². The highest BCUT2D eigenvalue weighted by Crippen LogP contribution is 2.13. The third kappa shape index (κ3) is 5.22. The summed E-state index contributed by atoms with van der Waals surface area (Å²) >= 11 is 0. The zero-order chi connectivity index (χ0) is 15.0. The molecule has 1 atom stereocenters. The average Bonchev–Trinajstić information content (AvgIpc) is 2.84. The summed E-state index contributed by atoms with van der Waals surface area (Å²) < 4.78 is 27.3. The fraction of sp³-hybridized carbons (Fsp3) is 0.769. The molecule has 1 rings (SSSR count). The number of aromatic nitrogens is 2. The molecule has 0 bridgehead atoms. The highest BCUT2D eigenvalue weighted by molar-refractivity contribution is 7.89. The van der Waals surface area contributed by atoms with E-state index in [-0.39, 0.29) is 11.1 Å². The lowest BCUT2D eigenvalue weighted by atomic mass is 10.1. The van der Waals surface area contributed by atoms with Crippen LogP contribution >= 0.6 is 0 Å². The minimum Gasteiger partial charge on any atom is -0.316 e. The van der Waals surface area contributed by atoms with E-state index in [0.717, 1.165) is 19.3 Å². The van der Waals surface area contributed by atoms with E-state index in [1.165, 1.54) is 19.0 Å². The molecule has 20 heavy (non-hydrogen) atoms. The van der Waals surface area contributed by atoms with Gasteiger partial charge in [0.15, 0.2) is 5.03 Å². The zero-order valence-electron chi connectivity index (χ0n) is 12.6. The van der Waals surface area contributed by atoms with Crippen LogP contribution in [-0.2, 0) is 16.6 Å². The van der Waals surface area contributed by atoms with Gasteiger partial charge < -0.3 is 5.32 Å². The number of rotatable bonds is 10. The first-order valence-electron chi connectivity index (χ1n) is 7.20. The maximum Gasteiger partial charge on any atom is 0.258 e. The second-order valence-electron chi connectivity index (χ2n) is 5.13. The van der Waals surface area contributed by atoms with E-state index in [1.807, 2.05) is 6.92 Å². The van der Waals surface area contributed by atoms with Crippen LogP contribution in [0.25, 0.3) is 0 Å². The van der Waals surface area contributed by atoms with Gasteiger partial charge >= 0.3 is 0 Å². The molecule has 0 aliphatic carbocycles. The molecule has 0 saturated heterocycles. The first-order valence-corrected chi connectivity index (χ1v) is 8.68. The molecule has 0 radical (unpaired) electrons. The quantitative estimate of drug-likeness (QED) is 0.575. The third-order valence-corrected chi connectivity index (χ3v) is 4.76. The second-order valence-corrected chi connectivity index (χ2v) is 6.78. The minimum atomic E-state index is -3.52. The summed E-state index contributed by atoms with van der Waals surface area (Å²) in [5.41, 5.74) is 0.651. The maximum absolute atomic E-state index is 12.3. The van der Waals surface area contributed by atoms with E-state index in [9.17, 15) is 8.42 Å². The minimum absolute atomic E-state index is 0.0670. The van der Waals surface area contributed by atoms with Crippen LogP contribution < -0.4 is 10.0 Å². The van der Waals surface area contributed by atoms with Crippen LogP contribution in [0, 0.1) is 0 Å². The topological polar surface area (TPSA) is 86.9 Å². The van der Waals surface area contributed by atoms with Gasteiger partial charge in [-0.3, -0.25) is 5.10 Å². The Morgan fingerprint density at radius 1 is 1.35 bits per heavy atom. The van der Waals surface area contributed by atoms with Crippen molar-refractivity contribution >= 4 is 10.0 Å². The van der Waals surface area contributed by atoms with Gasteiger partial charge in [-0.2, -0.15) is 5.10 Å². The van der Waals surface area contributed by atoms with Crippen LogP contribution in [0.1, 0.15) is 51.5 Å². The highest BCUT2D eigenvalue weighted by Gasteiger charge is 2.22. The van der Waals surface area contributed by atoms with Gasteiger partial charge in [-0.1, -0.05) is 32.6 Å². The molecule has 116 valence electrons. The number of H-pyrrole nitrogens is 1. The SMILES string of the molecule is CCCCCCC(C)NS(=O)(=O)c1[nH]ncc1CNC. The standard InChI is InChI=1S/C13H26N4O2S/c1-4-5-6-7-8-11(2)17-20(18,19)13-12(9-14-3)10-15-16-13/h10-11,14,17H,4-9H2,1-3H3,(H,15,16). The molecule has 0 aliphatic rings. The second kappa shape index (κ2) is 8.39. The van der Waals surface area contributed by atoms with Crippen LogP contribution in [0.15, 0.2) is 11.2 Å². The molecule has 0 fully saturated rings. The highest BCUT2D eigenvalue weighted by atomic mass is 32.2. The molecular weight excluding hydrogens is 276 g/mol. The number of hydrogen-bond donors (Lipinski definition) is 3. The first-order chi connectivity index (χ1) is 9.51. The molecule has 1 aromatic heterocycles. The molecule has 1 heterocycles. The monoisotopic (exact) mass is 302 g/mol. The summed E-state index contributed by atoms with van der Waals surface area (Å²) in [6.45, 7) is 4.53. The van der Waals surface area contributed by atoms with Crippen LogP contribution in [0.3, 0.4) is 0 Å². The molecular formula is C13H26N4O2S. The molecule has 0 aliphatic heterocycles. The largest absolute Gasteiger partial charge is 0.316 e. The van der Waals surface area contributed by atoms with E-state index >= 15 is 0 Å². The first kappa shape index (κ1) is 17.1. The van der Waals surface area contributed by atoms with Crippen LogP contribution in [0.5, 0.6) is 0 Å². The Hall–Kier alpha value is -0.920. The molecule has 7 heteroatoms. The normalized spacial score (nSPS) is 13.6. The van der Waals surface area contributed by atoms with Gasteiger partial charge in [0.2, 0.25) is 0 Å². The average molecular weight is 302 g/mol. The summed E-state index contributed by atoms with van der Waals surface area (Å²) in [4.78, 5) is 0. The van der Waals surface area contributed by atoms with Crippen molar-refractivity contribution in [1.82, 2.24) is 20.2 Å². The van der Waals surface area contributed by atoms with Crippen LogP contribution in [0.2, 0.25) is 0 Å². The van der Waals surface area contributed by atoms with Gasteiger partial charge in [-0.15, -0.1) is 0 Å². The Balaban J connectivity index is 2.58. The van der Waals surface area contributed by atoms with E-state index in [2.05, 4.69) is 27.2 Å². The fourth-order valence-electron chi connectivity index (χ4n) is 2.11. The van der Waals surface area contributed by atoms with E-state index in [0.29, 0.717) is 12.1 Å². The number of hydrogen-bond acceptors (Lipinski definition) is 4. The van der Waals surface area contributed by atoms with Crippen molar-refractivity contribution in [2.45, 2.75) is 63.6 Å². The van der Waals surface area contributed by atoms with Gasteiger partial charge in [0.25, 0.3) is 10.0 Å². The lowest BCUT2D eigenvalue weighted by Gasteiger charge is -2.14. The molecule has 1 aromatic rings. The van der Waals surface area contributed by atoms with Gasteiger partial charge in [0.1, 0.15) is 0 Å². The van der Waals surface area contributed by atoms with Gasteiger partial charge in [0.05, 0.1) is 6.20 Å². The van der Waals surface area contributed by atoms with Crippen molar-refractivity contribution in [3.8, 4) is 0 Å². The van der Waals surface area contributed by atoms with Crippen molar-refractivity contribution in [2.75, 3.05) is 7.05 Å². The number of unbranched alkanes of at least 4 members (excludes halogenated alkanes) is 3. The molecule has 3 N–H and O–H groups in total. The predicted octanol–water partition coefficient (Wildman–Crippen LogP) is 1.77. The van der Waals surface area contributed by atoms with E-state index in [4.69, 9.17) is 0 Å². The van der Waals surface area contributed by atoms with Crippen molar-refractivity contribution in [3.63, 3.8) is 0 Å². The van der Waals surface area contributed by atoms with Crippen molar-refractivity contribution < 1.29 is 8.42 Å². The summed E-state index contributed by atoms with van der Waals surface area (Å²) in [7, 11) is -1.75. The molecule has 6 nitrogen and oxygen atoms in total. The zero-order valence-corrected chi connectivity index (χ0v) is 13.4. The molecule has 0 saturated carbocycles. The summed E-state index contributed by atoms with van der Waals surface area (Å²) in [6, 6.07) is -0.0670. The molecule has 0 spiro atoms. The third-order valence-electron chi connectivity index (χ3n) is 3.16. The lowest BCUT2D eigenvalue weighted by molar-refractivity contribution is 0.519. The summed E-state index contributed by atoms with van der Waals surface area (Å²) in [6.07, 6.45) is 6.97. The Bertz CT molecular complexity index is 484. The van der Waals surface area contributed by atoms with Crippen molar-refractivity contribution in [1.29, 1.82) is 0 Å². The van der Waals surface area contributed by atoms with Gasteiger partial charge in [-0.05, 0) is 20.4 Å².